The Morgan fingerprint density at radius 3 is 2.57 bits per heavy atom. The average molecular weight is 294 g/mol. The Morgan fingerprint density at radius 1 is 1.24 bits per heavy atom. The van der Waals surface area contributed by atoms with Crippen molar-refractivity contribution in [1.82, 2.24) is 5.32 Å². The fraction of sp³-hybridized carbons (Fsp3) is 0.562. The van der Waals surface area contributed by atoms with Gasteiger partial charge in [0, 0.05) is 12.6 Å². The van der Waals surface area contributed by atoms with Gasteiger partial charge in [-0.25, -0.2) is 0 Å². The largest absolute Gasteiger partial charge is 0.491 e. The van der Waals surface area contributed by atoms with Crippen molar-refractivity contribution in [2.24, 2.45) is 11.7 Å². The Morgan fingerprint density at radius 2 is 1.95 bits per heavy atom. The van der Waals surface area contributed by atoms with E-state index in [2.05, 4.69) is 19.2 Å². The number of nitrogens with one attached hydrogen (secondary N) is 1. The monoisotopic (exact) mass is 294 g/mol. The van der Waals surface area contributed by atoms with Gasteiger partial charge >= 0.3 is 0 Å². The molecule has 1 rings (SSSR count). The molecule has 0 aromatic heterocycles. The summed E-state index contributed by atoms with van der Waals surface area (Å²) < 4.78 is 10.8. The smallest absolute Gasteiger partial charge is 0.246 e. The van der Waals surface area contributed by atoms with Crippen LogP contribution in [0.5, 0.6) is 5.75 Å². The van der Waals surface area contributed by atoms with E-state index in [0.29, 0.717) is 25.7 Å². The van der Waals surface area contributed by atoms with Gasteiger partial charge < -0.3 is 20.5 Å². The van der Waals surface area contributed by atoms with E-state index in [-0.39, 0.29) is 18.6 Å². The first-order valence-electron chi connectivity index (χ1n) is 7.36. The molecule has 0 saturated heterocycles. The van der Waals surface area contributed by atoms with Gasteiger partial charge in [0.05, 0.1) is 6.61 Å². The Labute approximate surface area is 126 Å². The molecular formula is C16H26N2O3. The van der Waals surface area contributed by atoms with Crippen LogP contribution in [0, 0.1) is 5.92 Å². The molecule has 118 valence electrons. The van der Waals surface area contributed by atoms with Gasteiger partial charge in [0.15, 0.2) is 0 Å². The number of rotatable bonds is 10. The van der Waals surface area contributed by atoms with Crippen LogP contribution in [0.4, 0.5) is 0 Å². The average Bonchev–Trinajstić information content (AvgIpc) is 2.46. The zero-order valence-corrected chi connectivity index (χ0v) is 12.9. The van der Waals surface area contributed by atoms with E-state index in [9.17, 15) is 4.79 Å². The van der Waals surface area contributed by atoms with Crippen molar-refractivity contribution in [1.29, 1.82) is 0 Å². The second-order valence-electron chi connectivity index (χ2n) is 5.34. The number of ether oxygens (including phenoxy) is 2. The van der Waals surface area contributed by atoms with Crippen LogP contribution in [0.15, 0.2) is 30.3 Å². The molecule has 0 saturated carbocycles. The van der Waals surface area contributed by atoms with Gasteiger partial charge in [0.1, 0.15) is 19.0 Å². The second-order valence-corrected chi connectivity index (χ2v) is 5.34. The maximum absolute atomic E-state index is 11.7. The molecule has 0 heterocycles. The molecule has 3 N–H and O–H groups in total. The van der Waals surface area contributed by atoms with E-state index < -0.39 is 0 Å². The standard InChI is InChI=1S/C16H26N2O3/c1-13(2)10-14(11-17)18-16(19)12-20-8-9-21-15-6-4-3-5-7-15/h3-7,13-14H,8-12,17H2,1-2H3,(H,18,19). The van der Waals surface area contributed by atoms with Crippen molar-refractivity contribution in [3.63, 3.8) is 0 Å². The molecule has 1 amide bonds. The van der Waals surface area contributed by atoms with Crippen LogP contribution in [0.3, 0.4) is 0 Å². The molecule has 0 aliphatic rings. The summed E-state index contributed by atoms with van der Waals surface area (Å²) in [7, 11) is 0. The lowest BCUT2D eigenvalue weighted by Crippen LogP contribution is -2.42. The number of amides is 1. The number of nitrogens with two attached hydrogens (primary N) is 1. The van der Waals surface area contributed by atoms with Crippen molar-refractivity contribution >= 4 is 5.91 Å². The van der Waals surface area contributed by atoms with Crippen molar-refractivity contribution in [2.45, 2.75) is 26.3 Å². The lowest BCUT2D eigenvalue weighted by Gasteiger charge is -2.18. The number of carbonyl (C=O) groups excluding carboxylic acids is 1. The molecule has 1 aromatic rings. The van der Waals surface area contributed by atoms with E-state index in [1.54, 1.807) is 0 Å². The quantitative estimate of drug-likeness (QED) is 0.642. The van der Waals surface area contributed by atoms with E-state index in [1.807, 2.05) is 30.3 Å². The highest BCUT2D eigenvalue weighted by atomic mass is 16.5. The third-order valence-electron chi connectivity index (χ3n) is 2.88. The minimum absolute atomic E-state index is 0.0154. The molecule has 21 heavy (non-hydrogen) atoms. The SMILES string of the molecule is CC(C)CC(CN)NC(=O)COCCOc1ccccc1. The first-order valence-corrected chi connectivity index (χ1v) is 7.36. The molecule has 5 heteroatoms. The molecular weight excluding hydrogens is 268 g/mol. The predicted molar refractivity (Wildman–Crippen MR) is 83.2 cm³/mol. The first kappa shape index (κ1) is 17.5. The van der Waals surface area contributed by atoms with Gasteiger partial charge in [-0.3, -0.25) is 4.79 Å². The van der Waals surface area contributed by atoms with Gasteiger partial charge in [-0.1, -0.05) is 32.0 Å². The van der Waals surface area contributed by atoms with Crippen LogP contribution in [-0.4, -0.2) is 38.3 Å². The molecule has 0 bridgehead atoms. The molecule has 0 aliphatic heterocycles. The highest BCUT2D eigenvalue weighted by molar-refractivity contribution is 5.77. The normalized spacial score (nSPS) is 12.2. The summed E-state index contributed by atoms with van der Waals surface area (Å²) in [5.74, 6) is 1.16. The van der Waals surface area contributed by atoms with Gasteiger partial charge in [-0.15, -0.1) is 0 Å². The summed E-state index contributed by atoms with van der Waals surface area (Å²) in [6, 6.07) is 9.52. The number of hydrogen-bond donors (Lipinski definition) is 2. The maximum atomic E-state index is 11.7. The van der Waals surface area contributed by atoms with Gasteiger partial charge in [0.25, 0.3) is 0 Å². The summed E-state index contributed by atoms with van der Waals surface area (Å²) >= 11 is 0. The summed E-state index contributed by atoms with van der Waals surface area (Å²) in [6.07, 6.45) is 0.874. The van der Waals surface area contributed by atoms with Crippen LogP contribution in [0.2, 0.25) is 0 Å². The topological polar surface area (TPSA) is 73.6 Å². The zero-order valence-electron chi connectivity index (χ0n) is 12.9. The zero-order chi connectivity index (χ0) is 15.5. The van der Waals surface area contributed by atoms with Crippen LogP contribution in [-0.2, 0) is 9.53 Å². The van der Waals surface area contributed by atoms with Crippen molar-refractivity contribution in [3.8, 4) is 5.75 Å². The third kappa shape index (κ3) is 8.32. The lowest BCUT2D eigenvalue weighted by atomic mass is 10.0. The lowest BCUT2D eigenvalue weighted by molar-refractivity contribution is -0.126. The van der Waals surface area contributed by atoms with Crippen LogP contribution < -0.4 is 15.8 Å². The van der Waals surface area contributed by atoms with Gasteiger partial charge in [-0.05, 0) is 24.5 Å². The molecule has 0 aliphatic carbocycles. The molecule has 1 aromatic carbocycles. The van der Waals surface area contributed by atoms with Gasteiger partial charge in [0.2, 0.25) is 5.91 Å². The first-order chi connectivity index (χ1) is 10.1. The van der Waals surface area contributed by atoms with E-state index in [4.69, 9.17) is 15.2 Å². The molecule has 0 radical (unpaired) electrons. The molecule has 0 fully saturated rings. The summed E-state index contributed by atoms with van der Waals surface area (Å²) in [5, 5.41) is 2.88. The molecule has 1 unspecified atom stereocenters. The van der Waals surface area contributed by atoms with Gasteiger partial charge in [-0.2, -0.15) is 0 Å². The molecule has 5 nitrogen and oxygen atoms in total. The van der Waals surface area contributed by atoms with Crippen LogP contribution in [0.1, 0.15) is 20.3 Å². The Hall–Kier alpha value is -1.59. The van der Waals surface area contributed by atoms with Crippen molar-refractivity contribution in [3.05, 3.63) is 30.3 Å². The summed E-state index contributed by atoms with van der Waals surface area (Å²) in [6.45, 7) is 5.48. The van der Waals surface area contributed by atoms with Crippen molar-refractivity contribution in [2.75, 3.05) is 26.4 Å². The highest BCUT2D eigenvalue weighted by Gasteiger charge is 2.12. The summed E-state index contributed by atoms with van der Waals surface area (Å²) in [4.78, 5) is 11.7. The third-order valence-corrected chi connectivity index (χ3v) is 2.88. The number of para-hydroxylation sites is 1. The fourth-order valence-electron chi connectivity index (χ4n) is 1.95. The summed E-state index contributed by atoms with van der Waals surface area (Å²) in [5.41, 5.74) is 5.63. The van der Waals surface area contributed by atoms with E-state index >= 15 is 0 Å². The van der Waals surface area contributed by atoms with Crippen LogP contribution >= 0.6 is 0 Å². The van der Waals surface area contributed by atoms with E-state index in [0.717, 1.165) is 12.2 Å². The Kier molecular flexibility index (Phi) is 8.47. The number of benzene rings is 1. The second kappa shape index (κ2) is 10.2. The molecule has 1 atom stereocenters. The van der Waals surface area contributed by atoms with E-state index in [1.165, 1.54) is 0 Å². The predicted octanol–water partition coefficient (Wildman–Crippen LogP) is 1.57. The molecule has 0 spiro atoms. The Bertz CT molecular complexity index is 396. The van der Waals surface area contributed by atoms with Crippen molar-refractivity contribution < 1.29 is 14.3 Å². The highest BCUT2D eigenvalue weighted by Crippen LogP contribution is 2.07. The fourth-order valence-corrected chi connectivity index (χ4v) is 1.95. The maximum Gasteiger partial charge on any atom is 0.246 e. The number of carbonyl (C=O) groups is 1. The number of hydrogen-bond acceptors (Lipinski definition) is 4. The van der Waals surface area contributed by atoms with Crippen LogP contribution in [0.25, 0.3) is 0 Å². The minimum Gasteiger partial charge on any atom is -0.491 e. The minimum atomic E-state index is -0.134. The Balaban J connectivity index is 2.10.